The molecule has 1 aromatic heterocycles. The van der Waals surface area contributed by atoms with Gasteiger partial charge < -0.3 is 4.55 Å². The summed E-state index contributed by atoms with van der Waals surface area (Å²) in [4.78, 5) is 11.8. The van der Waals surface area contributed by atoms with Gasteiger partial charge in [-0.15, -0.1) is 0 Å². The van der Waals surface area contributed by atoms with Crippen LogP contribution in [0.25, 0.3) is 0 Å². The molecule has 1 fully saturated rings. The van der Waals surface area contributed by atoms with E-state index in [0.29, 0.717) is 12.5 Å². The molecule has 0 spiro atoms. The lowest BCUT2D eigenvalue weighted by atomic mass is 9.85. The fourth-order valence-electron chi connectivity index (χ4n) is 3.16. The molecule has 130 valence electrons. The van der Waals surface area contributed by atoms with Gasteiger partial charge in [0.1, 0.15) is 0 Å². The van der Waals surface area contributed by atoms with Crippen LogP contribution in [-0.4, -0.2) is 35.4 Å². The molecule has 2 N–H and O–H groups in total. The van der Waals surface area contributed by atoms with E-state index in [4.69, 9.17) is 5.21 Å². The number of hydrogen-bond donors (Lipinski definition) is 2. The van der Waals surface area contributed by atoms with Crippen molar-refractivity contribution < 1.29 is 18.8 Å². The molecule has 1 aromatic rings. The highest BCUT2D eigenvalue weighted by molar-refractivity contribution is 7.79. The number of nitrogens with zero attached hydrogens (tertiary/aromatic N) is 2. The number of aryl methyl sites for hydroxylation is 1. The summed E-state index contributed by atoms with van der Waals surface area (Å²) in [6.07, 6.45) is 10.3. The van der Waals surface area contributed by atoms with E-state index in [2.05, 4.69) is 5.10 Å². The normalized spacial score (nSPS) is 20.0. The van der Waals surface area contributed by atoms with E-state index in [1.165, 1.54) is 44.6 Å². The third-order valence-electron chi connectivity index (χ3n) is 4.71. The summed E-state index contributed by atoms with van der Waals surface area (Å²) in [7, 11) is 0. The molecule has 1 unspecified atom stereocenters. The summed E-state index contributed by atoms with van der Waals surface area (Å²) < 4.78 is 23.7. The number of aromatic nitrogens is 2. The third-order valence-corrected chi connectivity index (χ3v) is 5.58. The van der Waals surface area contributed by atoms with Gasteiger partial charge in [0.15, 0.2) is 0 Å². The van der Waals surface area contributed by atoms with Gasteiger partial charge in [-0.25, -0.2) is 5.48 Å². The third kappa shape index (κ3) is 4.86. The lowest BCUT2D eigenvalue weighted by molar-refractivity contribution is -0.138. The van der Waals surface area contributed by atoms with Crippen LogP contribution in [-0.2, 0) is 22.4 Å². The lowest BCUT2D eigenvalue weighted by Crippen LogP contribution is -2.42. The van der Waals surface area contributed by atoms with Crippen LogP contribution in [0.2, 0.25) is 0 Å². The molecule has 23 heavy (non-hydrogen) atoms. The van der Waals surface area contributed by atoms with Crippen LogP contribution in [0.15, 0.2) is 12.4 Å². The van der Waals surface area contributed by atoms with Crippen molar-refractivity contribution >= 4 is 17.0 Å². The van der Waals surface area contributed by atoms with E-state index in [-0.39, 0.29) is 12.2 Å². The Morgan fingerprint density at radius 1 is 1.52 bits per heavy atom. The van der Waals surface area contributed by atoms with Crippen molar-refractivity contribution in [2.75, 3.05) is 5.75 Å². The predicted octanol–water partition coefficient (Wildman–Crippen LogP) is 1.71. The van der Waals surface area contributed by atoms with Crippen molar-refractivity contribution in [1.82, 2.24) is 15.3 Å². The Morgan fingerprint density at radius 2 is 2.22 bits per heavy atom. The zero-order valence-electron chi connectivity index (χ0n) is 13.4. The lowest BCUT2D eigenvalue weighted by Gasteiger charge is -2.27. The average Bonchev–Trinajstić information content (AvgIpc) is 3.01. The minimum atomic E-state index is -2.37. The Bertz CT molecular complexity index is 557. The average molecular weight is 342 g/mol. The molecule has 0 aromatic carbocycles. The molecule has 7 nitrogen and oxygen atoms in total. The van der Waals surface area contributed by atoms with Crippen LogP contribution in [0.3, 0.4) is 0 Å². The standard InChI is InChI=1S/C15H25N3O4S/c1-15(11-23(21)22,14(19)17-20)7-8-18-10-13(9-16-18)12-5-3-2-4-6-12/h9-10,12,20H,2-8,11H2,1H3,(H,17,19)(H,21,22)/p-1/t15-/m0/s1. The molecule has 0 aliphatic heterocycles. The Morgan fingerprint density at radius 3 is 2.83 bits per heavy atom. The van der Waals surface area contributed by atoms with Gasteiger partial charge in [0.2, 0.25) is 5.91 Å². The maximum absolute atomic E-state index is 11.8. The highest BCUT2D eigenvalue weighted by atomic mass is 32.2. The monoisotopic (exact) mass is 342 g/mol. The molecule has 2 rings (SSSR count). The van der Waals surface area contributed by atoms with Crippen molar-refractivity contribution in [2.45, 2.75) is 57.9 Å². The molecule has 1 saturated carbocycles. The molecular formula is C15H24N3O4S-. The molecule has 0 radical (unpaired) electrons. The second-order valence-electron chi connectivity index (χ2n) is 6.57. The van der Waals surface area contributed by atoms with Crippen LogP contribution >= 0.6 is 0 Å². The quantitative estimate of drug-likeness (QED) is 0.445. The Labute approximate surface area is 138 Å². The topological polar surface area (TPSA) is 107 Å². The van der Waals surface area contributed by atoms with Crippen molar-refractivity contribution in [3.05, 3.63) is 18.0 Å². The van der Waals surface area contributed by atoms with Crippen LogP contribution in [0, 0.1) is 5.41 Å². The molecule has 0 bridgehead atoms. The molecule has 1 amide bonds. The number of carbonyl (C=O) groups is 1. The van der Waals surface area contributed by atoms with Gasteiger partial charge >= 0.3 is 0 Å². The molecule has 1 heterocycles. The molecule has 1 aliphatic rings. The Hall–Kier alpha value is -1.25. The number of amides is 1. The summed E-state index contributed by atoms with van der Waals surface area (Å²) in [6.45, 7) is 1.95. The molecule has 2 atom stereocenters. The van der Waals surface area contributed by atoms with Gasteiger partial charge in [0.25, 0.3) is 0 Å². The van der Waals surface area contributed by atoms with Crippen LogP contribution in [0.4, 0.5) is 0 Å². The van der Waals surface area contributed by atoms with Crippen molar-refractivity contribution in [3.63, 3.8) is 0 Å². The van der Waals surface area contributed by atoms with Gasteiger partial charge in [0.05, 0.1) is 11.6 Å². The summed E-state index contributed by atoms with van der Waals surface area (Å²) in [5.41, 5.74) is 1.59. The Balaban J connectivity index is 1.99. The van der Waals surface area contributed by atoms with E-state index >= 15 is 0 Å². The molecule has 1 aliphatic carbocycles. The van der Waals surface area contributed by atoms with Crippen LogP contribution < -0.4 is 5.48 Å². The van der Waals surface area contributed by atoms with E-state index in [1.54, 1.807) is 10.2 Å². The van der Waals surface area contributed by atoms with Crippen molar-refractivity contribution in [1.29, 1.82) is 0 Å². The number of rotatable bonds is 7. The molecule has 8 heteroatoms. The number of nitrogens with one attached hydrogen (secondary N) is 1. The van der Waals surface area contributed by atoms with Gasteiger partial charge in [-0.3, -0.25) is 18.9 Å². The largest absolute Gasteiger partial charge is 0.772 e. The smallest absolute Gasteiger partial charge is 0.250 e. The minimum absolute atomic E-state index is 0.277. The van der Waals surface area contributed by atoms with Crippen LogP contribution in [0.1, 0.15) is 56.9 Å². The van der Waals surface area contributed by atoms with Gasteiger partial charge in [-0.2, -0.15) is 5.10 Å². The van der Waals surface area contributed by atoms with E-state index in [9.17, 15) is 13.6 Å². The minimum Gasteiger partial charge on any atom is -0.772 e. The number of hydrogen-bond acceptors (Lipinski definition) is 5. The van der Waals surface area contributed by atoms with Crippen LogP contribution in [0.5, 0.6) is 0 Å². The maximum Gasteiger partial charge on any atom is 0.250 e. The summed E-state index contributed by atoms with van der Waals surface area (Å²) in [6, 6.07) is 0. The second kappa shape index (κ2) is 8.03. The summed E-state index contributed by atoms with van der Waals surface area (Å²) >= 11 is -2.37. The first-order chi connectivity index (χ1) is 10.9. The van der Waals surface area contributed by atoms with E-state index in [0.717, 1.165) is 0 Å². The zero-order chi connectivity index (χ0) is 16.9. The first-order valence-electron chi connectivity index (χ1n) is 7.97. The van der Waals surface area contributed by atoms with Crippen molar-refractivity contribution in [2.24, 2.45) is 5.41 Å². The summed E-state index contributed by atoms with van der Waals surface area (Å²) in [5, 5.41) is 13.2. The molecular weight excluding hydrogens is 318 g/mol. The number of carbonyl (C=O) groups excluding carboxylic acids is 1. The number of hydroxylamine groups is 1. The maximum atomic E-state index is 11.8. The van der Waals surface area contributed by atoms with Gasteiger partial charge in [-0.1, -0.05) is 30.3 Å². The first-order valence-corrected chi connectivity index (χ1v) is 9.22. The van der Waals surface area contributed by atoms with Gasteiger partial charge in [-0.05, 0) is 37.7 Å². The highest BCUT2D eigenvalue weighted by Gasteiger charge is 2.33. The summed E-state index contributed by atoms with van der Waals surface area (Å²) in [5.74, 6) is -0.476. The first kappa shape index (κ1) is 18.1. The zero-order valence-corrected chi connectivity index (χ0v) is 14.2. The fraction of sp³-hybridized carbons (Fsp3) is 0.733. The SMILES string of the molecule is C[C@](CCn1cc(C2CCCCC2)cn1)(CS(=O)[O-])C(=O)NO. The fourth-order valence-corrected chi connectivity index (χ4v) is 3.95. The molecule has 0 saturated heterocycles. The van der Waals surface area contributed by atoms with Gasteiger partial charge in [0, 0.05) is 18.5 Å². The second-order valence-corrected chi connectivity index (χ2v) is 7.47. The highest BCUT2D eigenvalue weighted by Crippen LogP contribution is 2.32. The van der Waals surface area contributed by atoms with Crippen molar-refractivity contribution in [3.8, 4) is 0 Å². The Kier molecular flexibility index (Phi) is 6.32. The van der Waals surface area contributed by atoms with E-state index < -0.39 is 22.4 Å². The predicted molar refractivity (Wildman–Crippen MR) is 84.5 cm³/mol. The van der Waals surface area contributed by atoms with E-state index in [1.807, 2.05) is 12.4 Å².